The quantitative estimate of drug-likeness (QED) is 0.654. The number of hydrogen-bond acceptors (Lipinski definition) is 4. The second-order valence-corrected chi connectivity index (χ2v) is 3.73. The molecule has 1 aromatic rings. The van der Waals surface area contributed by atoms with Gasteiger partial charge in [-0.15, -0.1) is 0 Å². The summed E-state index contributed by atoms with van der Waals surface area (Å²) >= 11 is 0. The number of aryl methyl sites for hydroxylation is 1. The summed E-state index contributed by atoms with van der Waals surface area (Å²) in [4.78, 5) is 15.2. The molecule has 1 rings (SSSR count). The van der Waals surface area contributed by atoms with Gasteiger partial charge in [-0.25, -0.2) is 4.98 Å². The Bertz CT molecular complexity index is 351. The van der Waals surface area contributed by atoms with Gasteiger partial charge in [0.2, 0.25) is 0 Å². The first kappa shape index (κ1) is 13.7. The molecular weight excluding hydrogens is 222 g/mol. The van der Waals surface area contributed by atoms with Gasteiger partial charge >= 0.3 is 5.97 Å². The SMILES string of the molecule is CCCn1cncc1C(NCCOC)C(=O)O. The van der Waals surface area contributed by atoms with Gasteiger partial charge in [0.1, 0.15) is 6.04 Å². The van der Waals surface area contributed by atoms with Gasteiger partial charge in [0.15, 0.2) is 0 Å². The van der Waals surface area contributed by atoms with Gasteiger partial charge in [0.25, 0.3) is 0 Å². The molecule has 0 radical (unpaired) electrons. The Balaban J connectivity index is 2.74. The van der Waals surface area contributed by atoms with Crippen molar-refractivity contribution in [3.8, 4) is 0 Å². The van der Waals surface area contributed by atoms with Crippen molar-refractivity contribution in [2.75, 3.05) is 20.3 Å². The van der Waals surface area contributed by atoms with E-state index in [2.05, 4.69) is 10.3 Å². The Kier molecular flexibility index (Phi) is 5.65. The monoisotopic (exact) mass is 241 g/mol. The first-order valence-electron chi connectivity index (χ1n) is 5.65. The van der Waals surface area contributed by atoms with Gasteiger partial charge in [0.05, 0.1) is 24.8 Å². The van der Waals surface area contributed by atoms with Crippen LogP contribution in [0.5, 0.6) is 0 Å². The molecular formula is C11H19N3O3. The fraction of sp³-hybridized carbons (Fsp3) is 0.636. The van der Waals surface area contributed by atoms with Crippen molar-refractivity contribution in [1.82, 2.24) is 14.9 Å². The summed E-state index contributed by atoms with van der Waals surface area (Å²) in [5.74, 6) is -0.904. The van der Waals surface area contributed by atoms with Crippen LogP contribution in [0.3, 0.4) is 0 Å². The van der Waals surface area contributed by atoms with E-state index in [1.807, 2.05) is 11.5 Å². The Morgan fingerprint density at radius 2 is 2.47 bits per heavy atom. The van der Waals surface area contributed by atoms with E-state index in [0.717, 1.165) is 13.0 Å². The summed E-state index contributed by atoms with van der Waals surface area (Å²) in [5.41, 5.74) is 0.676. The van der Waals surface area contributed by atoms with Crippen LogP contribution in [0.15, 0.2) is 12.5 Å². The predicted octanol–water partition coefficient (Wildman–Crippen LogP) is 0.655. The lowest BCUT2D eigenvalue weighted by molar-refractivity contribution is -0.139. The number of carbonyl (C=O) groups is 1. The molecule has 0 aromatic carbocycles. The number of ether oxygens (including phenoxy) is 1. The van der Waals surface area contributed by atoms with Gasteiger partial charge < -0.3 is 14.4 Å². The van der Waals surface area contributed by atoms with Crippen molar-refractivity contribution < 1.29 is 14.6 Å². The van der Waals surface area contributed by atoms with Crippen LogP contribution in [0.1, 0.15) is 25.1 Å². The lowest BCUT2D eigenvalue weighted by atomic mass is 10.2. The largest absolute Gasteiger partial charge is 0.480 e. The normalized spacial score (nSPS) is 12.6. The molecule has 1 unspecified atom stereocenters. The summed E-state index contributed by atoms with van der Waals surface area (Å²) < 4.78 is 6.75. The molecule has 0 amide bonds. The van der Waals surface area contributed by atoms with Gasteiger partial charge in [-0.2, -0.15) is 0 Å². The van der Waals surface area contributed by atoms with Gasteiger partial charge in [-0.1, -0.05) is 6.92 Å². The van der Waals surface area contributed by atoms with Crippen LogP contribution in [-0.4, -0.2) is 40.9 Å². The molecule has 0 aliphatic rings. The number of nitrogens with one attached hydrogen (secondary N) is 1. The number of nitrogens with zero attached hydrogens (tertiary/aromatic N) is 2. The third-order valence-electron chi connectivity index (χ3n) is 2.41. The molecule has 1 heterocycles. The second kappa shape index (κ2) is 7.03. The van der Waals surface area contributed by atoms with E-state index in [0.29, 0.717) is 18.8 Å². The zero-order valence-electron chi connectivity index (χ0n) is 10.2. The highest BCUT2D eigenvalue weighted by Crippen LogP contribution is 2.13. The average Bonchev–Trinajstić information content (AvgIpc) is 2.73. The summed E-state index contributed by atoms with van der Waals surface area (Å²) in [6.07, 6.45) is 4.19. The number of imidazole rings is 1. The molecule has 6 heteroatoms. The maximum absolute atomic E-state index is 11.2. The number of carboxylic acid groups (broad SMARTS) is 1. The number of rotatable bonds is 8. The van der Waals surface area contributed by atoms with E-state index in [4.69, 9.17) is 4.74 Å². The average molecular weight is 241 g/mol. The summed E-state index contributed by atoms with van der Waals surface area (Å²) in [5, 5.41) is 12.1. The van der Waals surface area contributed by atoms with Crippen molar-refractivity contribution in [2.45, 2.75) is 25.9 Å². The van der Waals surface area contributed by atoms with Crippen molar-refractivity contribution in [3.63, 3.8) is 0 Å². The highest BCUT2D eigenvalue weighted by Gasteiger charge is 2.22. The smallest absolute Gasteiger partial charge is 0.326 e. The molecule has 1 atom stereocenters. The lowest BCUT2D eigenvalue weighted by Gasteiger charge is -2.16. The number of methoxy groups -OCH3 is 1. The fourth-order valence-corrected chi connectivity index (χ4v) is 1.62. The zero-order valence-corrected chi connectivity index (χ0v) is 10.2. The summed E-state index contributed by atoms with van der Waals surface area (Å²) in [6, 6.07) is -0.737. The van der Waals surface area contributed by atoms with Crippen LogP contribution in [0.4, 0.5) is 0 Å². The molecule has 0 saturated heterocycles. The van der Waals surface area contributed by atoms with Crippen molar-refractivity contribution in [1.29, 1.82) is 0 Å². The Morgan fingerprint density at radius 3 is 3.06 bits per heavy atom. The second-order valence-electron chi connectivity index (χ2n) is 3.73. The van der Waals surface area contributed by atoms with Crippen molar-refractivity contribution in [3.05, 3.63) is 18.2 Å². The number of aliphatic carboxylic acids is 1. The first-order chi connectivity index (χ1) is 8.20. The molecule has 6 nitrogen and oxygen atoms in total. The molecule has 0 aliphatic heterocycles. The van der Waals surface area contributed by atoms with Crippen LogP contribution < -0.4 is 5.32 Å². The fourth-order valence-electron chi connectivity index (χ4n) is 1.62. The molecule has 2 N–H and O–H groups in total. The molecule has 0 aliphatic carbocycles. The van der Waals surface area contributed by atoms with E-state index < -0.39 is 12.0 Å². The molecule has 0 saturated carbocycles. The molecule has 17 heavy (non-hydrogen) atoms. The van der Waals surface area contributed by atoms with E-state index in [9.17, 15) is 9.90 Å². The number of hydrogen-bond donors (Lipinski definition) is 2. The maximum Gasteiger partial charge on any atom is 0.326 e. The molecule has 0 spiro atoms. The first-order valence-corrected chi connectivity index (χ1v) is 5.65. The molecule has 1 aromatic heterocycles. The van der Waals surface area contributed by atoms with Crippen LogP contribution in [-0.2, 0) is 16.1 Å². The van der Waals surface area contributed by atoms with E-state index >= 15 is 0 Å². The minimum Gasteiger partial charge on any atom is -0.480 e. The maximum atomic E-state index is 11.2. The Hall–Kier alpha value is -1.40. The van der Waals surface area contributed by atoms with E-state index in [1.54, 1.807) is 19.6 Å². The topological polar surface area (TPSA) is 76.4 Å². The highest BCUT2D eigenvalue weighted by atomic mass is 16.5. The lowest BCUT2D eigenvalue weighted by Crippen LogP contribution is -2.32. The van der Waals surface area contributed by atoms with Crippen LogP contribution in [0.25, 0.3) is 0 Å². The Morgan fingerprint density at radius 1 is 1.71 bits per heavy atom. The van der Waals surface area contributed by atoms with Gasteiger partial charge in [-0.3, -0.25) is 10.1 Å². The number of carboxylic acids is 1. The minimum atomic E-state index is -0.904. The zero-order chi connectivity index (χ0) is 12.7. The van der Waals surface area contributed by atoms with Crippen molar-refractivity contribution >= 4 is 5.97 Å². The van der Waals surface area contributed by atoms with Crippen LogP contribution in [0, 0.1) is 0 Å². The molecule has 96 valence electrons. The third-order valence-corrected chi connectivity index (χ3v) is 2.41. The van der Waals surface area contributed by atoms with Gasteiger partial charge in [0, 0.05) is 20.2 Å². The number of aromatic nitrogens is 2. The summed E-state index contributed by atoms with van der Waals surface area (Å²) in [7, 11) is 1.58. The predicted molar refractivity (Wildman–Crippen MR) is 62.8 cm³/mol. The van der Waals surface area contributed by atoms with Crippen LogP contribution >= 0.6 is 0 Å². The standard InChI is InChI=1S/C11H19N3O3/c1-3-5-14-8-12-7-9(14)10(11(15)16)13-4-6-17-2/h7-8,10,13H,3-6H2,1-2H3,(H,15,16). The van der Waals surface area contributed by atoms with Gasteiger partial charge in [-0.05, 0) is 6.42 Å². The summed E-state index contributed by atoms with van der Waals surface area (Å²) in [6.45, 7) is 3.78. The molecule has 0 bridgehead atoms. The van der Waals surface area contributed by atoms with Crippen molar-refractivity contribution in [2.24, 2.45) is 0 Å². The Labute approximate surface area is 101 Å². The third kappa shape index (κ3) is 3.83. The highest BCUT2D eigenvalue weighted by molar-refractivity contribution is 5.74. The minimum absolute atomic E-state index is 0.478. The van der Waals surface area contributed by atoms with Crippen LogP contribution in [0.2, 0.25) is 0 Å². The van der Waals surface area contributed by atoms with E-state index in [1.165, 1.54) is 0 Å². The molecule has 0 fully saturated rings. The van der Waals surface area contributed by atoms with E-state index in [-0.39, 0.29) is 0 Å².